The molecule has 0 aromatic heterocycles. The van der Waals surface area contributed by atoms with Crippen LogP contribution in [-0.4, -0.2) is 38.4 Å². The second kappa shape index (κ2) is 6.96. The van der Waals surface area contributed by atoms with Crippen LogP contribution in [0.2, 0.25) is 0 Å². The first-order valence-electron chi connectivity index (χ1n) is 5.67. The van der Waals surface area contributed by atoms with E-state index in [1.165, 1.54) is 33.5 Å². The Kier molecular flexibility index (Phi) is 5.31. The van der Waals surface area contributed by atoms with Crippen LogP contribution in [0, 0.1) is 11.3 Å². The maximum Gasteiger partial charge on any atom is 0.346 e. The molecule has 1 aromatic rings. The fourth-order valence-electron chi connectivity index (χ4n) is 1.60. The van der Waals surface area contributed by atoms with Crippen LogP contribution in [0.25, 0.3) is 6.08 Å². The van der Waals surface area contributed by atoms with E-state index in [1.807, 2.05) is 0 Å². The fraction of sp³-hybridized carbons (Fsp3) is 0.214. The van der Waals surface area contributed by atoms with E-state index < -0.39 is 17.5 Å². The summed E-state index contributed by atoms with van der Waals surface area (Å²) in [7, 11) is 3.95. The lowest BCUT2D eigenvalue weighted by molar-refractivity contribution is -0.132. The van der Waals surface area contributed by atoms with Gasteiger partial charge in [0.25, 0.3) is 0 Å². The number of benzene rings is 1. The third kappa shape index (κ3) is 3.51. The van der Waals surface area contributed by atoms with Gasteiger partial charge in [-0.1, -0.05) is 0 Å². The van der Waals surface area contributed by atoms with E-state index in [9.17, 15) is 9.59 Å². The first-order valence-corrected chi connectivity index (χ1v) is 5.67. The van der Waals surface area contributed by atoms with Crippen LogP contribution in [-0.2, 0) is 9.53 Å². The molecule has 0 aliphatic heterocycles. The lowest BCUT2D eigenvalue weighted by Gasteiger charge is -2.12. The minimum atomic E-state index is -1.38. The topological polar surface area (TPSA) is 106 Å². The zero-order valence-electron chi connectivity index (χ0n) is 11.7. The third-order valence-corrected chi connectivity index (χ3v) is 2.61. The summed E-state index contributed by atoms with van der Waals surface area (Å²) in [4.78, 5) is 22.6. The largest absolute Gasteiger partial charge is 0.496 e. The van der Waals surface area contributed by atoms with Gasteiger partial charge in [-0.05, 0) is 12.1 Å². The van der Waals surface area contributed by atoms with Gasteiger partial charge < -0.3 is 19.3 Å². The summed E-state index contributed by atoms with van der Waals surface area (Å²) < 4.78 is 14.8. The molecule has 0 spiro atoms. The molecule has 0 radical (unpaired) electrons. The smallest absolute Gasteiger partial charge is 0.346 e. The van der Waals surface area contributed by atoms with Crippen LogP contribution in [0.4, 0.5) is 0 Å². The number of hydrogen-bond donors (Lipinski definition) is 1. The Morgan fingerprint density at radius 3 is 2.24 bits per heavy atom. The van der Waals surface area contributed by atoms with Gasteiger partial charge in [0.1, 0.15) is 28.7 Å². The van der Waals surface area contributed by atoms with Crippen molar-refractivity contribution in [3.05, 3.63) is 28.8 Å². The van der Waals surface area contributed by atoms with Gasteiger partial charge in [-0.3, -0.25) is 0 Å². The molecular weight excluding hydrogens is 278 g/mol. The number of hydrogen-bond acceptors (Lipinski definition) is 6. The van der Waals surface area contributed by atoms with Crippen molar-refractivity contribution in [3.8, 4) is 17.6 Å². The van der Waals surface area contributed by atoms with Gasteiger partial charge in [0.2, 0.25) is 0 Å². The maximum atomic E-state index is 11.7. The lowest BCUT2D eigenvalue weighted by Crippen LogP contribution is -2.06. The standard InChI is InChI=1S/C14H13NO6/c1-19-11-6-12(20-2)10(14(18)21-3)5-8(11)4-9(7-15)13(16)17/h4-6H,1-3H3,(H,16,17). The summed E-state index contributed by atoms with van der Waals surface area (Å²) >= 11 is 0. The molecule has 0 amide bonds. The van der Waals surface area contributed by atoms with Gasteiger partial charge in [-0.15, -0.1) is 0 Å². The van der Waals surface area contributed by atoms with Crippen molar-refractivity contribution in [2.24, 2.45) is 0 Å². The number of carbonyl (C=O) groups excluding carboxylic acids is 1. The number of carboxylic acids is 1. The van der Waals surface area contributed by atoms with Crippen molar-refractivity contribution in [3.63, 3.8) is 0 Å². The Bertz CT molecular complexity index is 642. The molecule has 0 saturated heterocycles. The van der Waals surface area contributed by atoms with Crippen molar-refractivity contribution < 1.29 is 28.9 Å². The Labute approximate surface area is 121 Å². The van der Waals surface area contributed by atoms with E-state index in [0.29, 0.717) is 0 Å². The summed E-state index contributed by atoms with van der Waals surface area (Å²) in [5.41, 5.74) is -0.151. The molecule has 0 atom stereocenters. The second-order valence-corrected chi connectivity index (χ2v) is 3.76. The van der Waals surface area contributed by atoms with Crippen LogP contribution in [0.15, 0.2) is 17.7 Å². The van der Waals surface area contributed by atoms with Gasteiger partial charge in [-0.25, -0.2) is 9.59 Å². The number of nitrogens with zero attached hydrogens (tertiary/aromatic N) is 1. The molecule has 1 N–H and O–H groups in total. The van der Waals surface area contributed by atoms with Gasteiger partial charge in [0, 0.05) is 11.6 Å². The normalized spacial score (nSPS) is 10.5. The van der Waals surface area contributed by atoms with Crippen LogP contribution in [0.5, 0.6) is 11.5 Å². The van der Waals surface area contributed by atoms with Crippen LogP contribution >= 0.6 is 0 Å². The number of aliphatic carboxylic acids is 1. The van der Waals surface area contributed by atoms with Crippen LogP contribution in [0.3, 0.4) is 0 Å². The molecule has 7 nitrogen and oxygen atoms in total. The molecule has 0 aliphatic carbocycles. The van der Waals surface area contributed by atoms with Crippen molar-refractivity contribution in [1.29, 1.82) is 5.26 Å². The van der Waals surface area contributed by atoms with Gasteiger partial charge >= 0.3 is 11.9 Å². The minimum absolute atomic E-state index is 0.0923. The highest BCUT2D eigenvalue weighted by molar-refractivity contribution is 5.98. The average Bonchev–Trinajstić information content (AvgIpc) is 2.50. The van der Waals surface area contributed by atoms with Crippen molar-refractivity contribution in [1.82, 2.24) is 0 Å². The summed E-state index contributed by atoms with van der Waals surface area (Å²) in [5.74, 6) is -1.56. The first kappa shape index (κ1) is 16.0. The fourth-order valence-corrected chi connectivity index (χ4v) is 1.60. The predicted octanol–water partition coefficient (Wildman–Crippen LogP) is 1.48. The number of esters is 1. The van der Waals surface area contributed by atoms with Gasteiger partial charge in [0.05, 0.1) is 21.3 Å². The van der Waals surface area contributed by atoms with E-state index in [4.69, 9.17) is 19.8 Å². The number of ether oxygens (including phenoxy) is 3. The molecular formula is C14H13NO6. The minimum Gasteiger partial charge on any atom is -0.496 e. The van der Waals surface area contributed by atoms with Crippen molar-refractivity contribution in [2.45, 2.75) is 0 Å². The quantitative estimate of drug-likeness (QED) is 0.497. The van der Waals surface area contributed by atoms with Crippen molar-refractivity contribution >= 4 is 18.0 Å². The van der Waals surface area contributed by atoms with E-state index in [-0.39, 0.29) is 22.6 Å². The van der Waals surface area contributed by atoms with Crippen LogP contribution < -0.4 is 9.47 Å². The monoisotopic (exact) mass is 291 g/mol. The molecule has 0 saturated carbocycles. The molecule has 0 heterocycles. The number of carboxylic acid groups (broad SMARTS) is 1. The molecule has 0 unspecified atom stereocenters. The number of rotatable bonds is 5. The Hall–Kier alpha value is -3.01. The third-order valence-electron chi connectivity index (χ3n) is 2.61. The number of carbonyl (C=O) groups is 2. The summed E-state index contributed by atoms with van der Waals surface area (Å²) in [6.07, 6.45) is 1.10. The zero-order chi connectivity index (χ0) is 16.0. The van der Waals surface area contributed by atoms with E-state index >= 15 is 0 Å². The summed E-state index contributed by atoms with van der Waals surface area (Å²) in [6, 6.07) is 4.30. The van der Waals surface area contributed by atoms with E-state index in [0.717, 1.165) is 6.08 Å². The molecule has 0 aliphatic rings. The zero-order valence-corrected chi connectivity index (χ0v) is 11.7. The Balaban J connectivity index is 3.54. The molecule has 21 heavy (non-hydrogen) atoms. The number of methoxy groups -OCH3 is 3. The SMILES string of the molecule is COC(=O)c1cc(C=C(C#N)C(=O)O)c(OC)cc1OC. The Morgan fingerprint density at radius 2 is 1.81 bits per heavy atom. The van der Waals surface area contributed by atoms with E-state index in [2.05, 4.69) is 4.74 Å². The summed E-state index contributed by atoms with van der Waals surface area (Å²) in [6.45, 7) is 0. The molecule has 0 bridgehead atoms. The van der Waals surface area contributed by atoms with Crippen molar-refractivity contribution in [2.75, 3.05) is 21.3 Å². The van der Waals surface area contributed by atoms with Gasteiger partial charge in [-0.2, -0.15) is 5.26 Å². The average molecular weight is 291 g/mol. The lowest BCUT2D eigenvalue weighted by atomic mass is 10.1. The Morgan fingerprint density at radius 1 is 1.19 bits per heavy atom. The maximum absolute atomic E-state index is 11.7. The van der Waals surface area contributed by atoms with E-state index in [1.54, 1.807) is 6.07 Å². The highest BCUT2D eigenvalue weighted by Gasteiger charge is 2.18. The van der Waals surface area contributed by atoms with Gasteiger partial charge in [0.15, 0.2) is 0 Å². The molecule has 1 rings (SSSR count). The summed E-state index contributed by atoms with van der Waals surface area (Å²) in [5, 5.41) is 17.7. The highest BCUT2D eigenvalue weighted by Crippen LogP contribution is 2.31. The molecule has 110 valence electrons. The molecule has 7 heteroatoms. The number of nitriles is 1. The predicted molar refractivity (Wildman–Crippen MR) is 72.1 cm³/mol. The molecule has 1 aromatic carbocycles. The first-order chi connectivity index (χ1) is 9.98. The van der Waals surface area contributed by atoms with Crippen LogP contribution in [0.1, 0.15) is 15.9 Å². The second-order valence-electron chi connectivity index (χ2n) is 3.76. The molecule has 0 fully saturated rings. The highest BCUT2D eigenvalue weighted by atomic mass is 16.5.